The van der Waals surface area contributed by atoms with Crippen LogP contribution >= 0.6 is 0 Å². The van der Waals surface area contributed by atoms with E-state index in [9.17, 15) is 4.79 Å². The normalized spacial score (nSPS) is 17.6. The van der Waals surface area contributed by atoms with E-state index in [1.54, 1.807) is 0 Å². The van der Waals surface area contributed by atoms with Crippen LogP contribution in [0.5, 0.6) is 0 Å². The molecule has 1 saturated heterocycles. The van der Waals surface area contributed by atoms with E-state index in [0.717, 1.165) is 54.1 Å². The zero-order valence-corrected chi connectivity index (χ0v) is 16.1. The molecule has 1 fully saturated rings. The monoisotopic (exact) mass is 367 g/mol. The van der Waals surface area contributed by atoms with Crippen LogP contribution in [0.2, 0.25) is 0 Å². The Morgan fingerprint density at radius 3 is 2.89 bits per heavy atom. The summed E-state index contributed by atoms with van der Waals surface area (Å²) < 4.78 is 7.46. The van der Waals surface area contributed by atoms with Crippen LogP contribution in [-0.2, 0) is 4.79 Å². The second-order valence-corrected chi connectivity index (χ2v) is 7.37. The third kappa shape index (κ3) is 3.34. The first-order valence-corrected chi connectivity index (χ1v) is 9.63. The van der Waals surface area contributed by atoms with Gasteiger partial charge in [-0.05, 0) is 33.1 Å². The number of aromatic nitrogens is 4. The lowest BCUT2D eigenvalue weighted by Crippen LogP contribution is -2.39. The van der Waals surface area contributed by atoms with Gasteiger partial charge in [-0.25, -0.2) is 9.50 Å². The van der Waals surface area contributed by atoms with Crippen LogP contribution < -0.4 is 0 Å². The molecule has 0 aliphatic carbocycles. The van der Waals surface area contributed by atoms with Gasteiger partial charge in [0.2, 0.25) is 5.91 Å². The van der Waals surface area contributed by atoms with E-state index >= 15 is 0 Å². The van der Waals surface area contributed by atoms with E-state index < -0.39 is 0 Å². The van der Waals surface area contributed by atoms with Crippen molar-refractivity contribution in [3.63, 3.8) is 0 Å². The van der Waals surface area contributed by atoms with Crippen molar-refractivity contribution in [3.8, 4) is 11.3 Å². The van der Waals surface area contributed by atoms with Gasteiger partial charge in [0.05, 0.1) is 22.6 Å². The maximum absolute atomic E-state index is 12.5. The lowest BCUT2D eigenvalue weighted by molar-refractivity contribution is -0.132. The molecule has 3 aromatic rings. The second kappa shape index (κ2) is 7.13. The van der Waals surface area contributed by atoms with E-state index in [1.807, 2.05) is 48.5 Å². The molecule has 1 amide bonds. The maximum atomic E-state index is 12.5. The molecule has 0 radical (unpaired) electrons. The number of nitrogens with zero attached hydrogens (tertiary/aromatic N) is 5. The van der Waals surface area contributed by atoms with Gasteiger partial charge in [-0.3, -0.25) is 4.79 Å². The summed E-state index contributed by atoms with van der Waals surface area (Å²) in [7, 11) is 0. The summed E-state index contributed by atoms with van der Waals surface area (Å²) in [6, 6.07) is 3.90. The molecule has 1 aliphatic rings. The first-order valence-electron chi connectivity index (χ1n) is 9.63. The molecule has 0 N–H and O–H groups in total. The van der Waals surface area contributed by atoms with Crippen LogP contribution in [0.25, 0.3) is 17.0 Å². The van der Waals surface area contributed by atoms with Gasteiger partial charge in [0.15, 0.2) is 11.4 Å². The predicted octanol–water partition coefficient (Wildman–Crippen LogP) is 3.51. The van der Waals surface area contributed by atoms with Gasteiger partial charge in [-0.15, -0.1) is 0 Å². The number of hydrogen-bond acceptors (Lipinski definition) is 5. The van der Waals surface area contributed by atoms with Crippen molar-refractivity contribution in [3.05, 3.63) is 35.4 Å². The third-order valence-corrected chi connectivity index (χ3v) is 5.16. The Bertz CT molecular complexity index is 974. The second-order valence-electron chi connectivity index (χ2n) is 7.37. The molecule has 142 valence electrons. The summed E-state index contributed by atoms with van der Waals surface area (Å²) in [5, 5.41) is 8.71. The molecule has 7 nitrogen and oxygen atoms in total. The lowest BCUT2D eigenvalue weighted by atomic mass is 9.91. The average Bonchev–Trinajstić information content (AvgIpc) is 3.25. The fourth-order valence-electron chi connectivity index (χ4n) is 3.94. The maximum Gasteiger partial charge on any atom is 0.222 e. The highest BCUT2D eigenvalue weighted by Gasteiger charge is 2.29. The van der Waals surface area contributed by atoms with E-state index in [0.29, 0.717) is 18.7 Å². The quantitative estimate of drug-likeness (QED) is 0.705. The van der Waals surface area contributed by atoms with Crippen LogP contribution in [-0.4, -0.2) is 43.7 Å². The van der Waals surface area contributed by atoms with Crippen LogP contribution in [0.15, 0.2) is 22.9 Å². The first kappa shape index (κ1) is 17.7. The van der Waals surface area contributed by atoms with Crippen molar-refractivity contribution in [2.24, 2.45) is 0 Å². The standard InChI is InChI=1S/C20H25N5O2/c1-4-6-19(26)24-8-5-7-15(12-24)20-16(17-9-14(3)23-27-17)11-21-18-10-13(2)22-25(18)20/h9-11,15H,4-8,12H2,1-3H3/t15-/m1/s1. The number of aryl methyl sites for hydroxylation is 2. The van der Waals surface area contributed by atoms with E-state index in [4.69, 9.17) is 4.52 Å². The molecule has 0 spiro atoms. The molecule has 0 unspecified atom stereocenters. The highest BCUT2D eigenvalue weighted by Crippen LogP contribution is 2.35. The SMILES string of the molecule is CCCC(=O)N1CCC[C@@H](c2c(-c3cc(C)no3)cnc3cc(C)nn23)C1. The van der Waals surface area contributed by atoms with Gasteiger partial charge in [-0.2, -0.15) is 5.10 Å². The number of fused-ring (bicyclic) bond motifs is 1. The third-order valence-electron chi connectivity index (χ3n) is 5.16. The first-order chi connectivity index (χ1) is 13.1. The van der Waals surface area contributed by atoms with Crippen LogP contribution in [0, 0.1) is 13.8 Å². The molecule has 27 heavy (non-hydrogen) atoms. The minimum Gasteiger partial charge on any atom is -0.356 e. The van der Waals surface area contributed by atoms with Crippen molar-refractivity contribution < 1.29 is 9.32 Å². The van der Waals surface area contributed by atoms with Crippen LogP contribution in [0.3, 0.4) is 0 Å². The van der Waals surface area contributed by atoms with E-state index in [2.05, 4.69) is 15.2 Å². The molecule has 4 heterocycles. The predicted molar refractivity (Wildman–Crippen MR) is 101 cm³/mol. The van der Waals surface area contributed by atoms with Crippen molar-refractivity contribution in [2.75, 3.05) is 13.1 Å². The van der Waals surface area contributed by atoms with Crippen molar-refractivity contribution >= 4 is 11.6 Å². The van der Waals surface area contributed by atoms with Gasteiger partial charge in [-0.1, -0.05) is 12.1 Å². The van der Waals surface area contributed by atoms with Gasteiger partial charge < -0.3 is 9.42 Å². The van der Waals surface area contributed by atoms with Gasteiger partial charge in [0, 0.05) is 43.8 Å². The van der Waals surface area contributed by atoms with Gasteiger partial charge in [0.25, 0.3) is 0 Å². The minimum absolute atomic E-state index is 0.185. The molecule has 7 heteroatoms. The zero-order valence-electron chi connectivity index (χ0n) is 16.1. The zero-order chi connectivity index (χ0) is 19.0. The highest BCUT2D eigenvalue weighted by molar-refractivity contribution is 5.76. The highest BCUT2D eigenvalue weighted by atomic mass is 16.5. The van der Waals surface area contributed by atoms with Crippen molar-refractivity contribution in [1.82, 2.24) is 24.7 Å². The molecule has 0 aromatic carbocycles. The Morgan fingerprint density at radius 2 is 2.15 bits per heavy atom. The summed E-state index contributed by atoms with van der Waals surface area (Å²) in [6.07, 6.45) is 5.32. The van der Waals surface area contributed by atoms with Crippen LogP contribution in [0.4, 0.5) is 0 Å². The molecule has 4 rings (SSSR count). The lowest BCUT2D eigenvalue weighted by Gasteiger charge is -2.33. The smallest absolute Gasteiger partial charge is 0.222 e. The summed E-state index contributed by atoms with van der Waals surface area (Å²) >= 11 is 0. The number of carbonyl (C=O) groups is 1. The number of carbonyl (C=O) groups excluding carboxylic acids is 1. The molecule has 0 saturated carbocycles. The Kier molecular flexibility index (Phi) is 4.68. The summed E-state index contributed by atoms with van der Waals surface area (Å²) in [5.74, 6) is 1.12. The Labute approximate surface area is 158 Å². The number of amides is 1. The molecular weight excluding hydrogens is 342 g/mol. The fraction of sp³-hybridized carbons (Fsp3) is 0.500. The Hall–Kier alpha value is -2.70. The molecule has 3 aromatic heterocycles. The molecule has 1 aliphatic heterocycles. The number of rotatable bonds is 4. The number of piperidine rings is 1. The van der Waals surface area contributed by atoms with E-state index in [1.165, 1.54) is 0 Å². The topological polar surface area (TPSA) is 76.5 Å². The molecular formula is C20H25N5O2. The minimum atomic E-state index is 0.185. The Balaban J connectivity index is 1.80. The molecule has 0 bridgehead atoms. The summed E-state index contributed by atoms with van der Waals surface area (Å²) in [4.78, 5) is 19.0. The summed E-state index contributed by atoms with van der Waals surface area (Å²) in [6.45, 7) is 7.45. The fourth-order valence-corrected chi connectivity index (χ4v) is 3.94. The van der Waals surface area contributed by atoms with E-state index in [-0.39, 0.29) is 11.8 Å². The van der Waals surface area contributed by atoms with Crippen molar-refractivity contribution in [1.29, 1.82) is 0 Å². The number of hydrogen-bond donors (Lipinski definition) is 0. The van der Waals surface area contributed by atoms with Crippen molar-refractivity contribution in [2.45, 2.75) is 52.4 Å². The average molecular weight is 367 g/mol. The van der Waals surface area contributed by atoms with Crippen LogP contribution in [0.1, 0.15) is 55.6 Å². The van der Waals surface area contributed by atoms with Gasteiger partial charge in [0.1, 0.15) is 0 Å². The van der Waals surface area contributed by atoms with Gasteiger partial charge >= 0.3 is 0 Å². The summed E-state index contributed by atoms with van der Waals surface area (Å²) in [5.41, 5.74) is 4.53. The number of likely N-dealkylation sites (tertiary alicyclic amines) is 1. The Morgan fingerprint density at radius 1 is 1.30 bits per heavy atom. The molecule has 1 atom stereocenters. The largest absolute Gasteiger partial charge is 0.356 e.